The summed E-state index contributed by atoms with van der Waals surface area (Å²) in [6, 6.07) is 6.70. The molecule has 0 aliphatic rings. The van der Waals surface area contributed by atoms with Gasteiger partial charge >= 0.3 is 6.09 Å². The molecule has 0 radical (unpaired) electrons. The van der Waals surface area contributed by atoms with Crippen molar-refractivity contribution in [3.05, 3.63) is 29.8 Å². The molecule has 0 spiro atoms. The van der Waals surface area contributed by atoms with E-state index in [2.05, 4.69) is 5.32 Å². The van der Waals surface area contributed by atoms with Crippen LogP contribution in [0.1, 0.15) is 19.4 Å². The van der Waals surface area contributed by atoms with Gasteiger partial charge in [0.05, 0.1) is 7.11 Å². The molecule has 1 amide bonds. The predicted octanol–water partition coefficient (Wildman–Crippen LogP) is 1.73. The van der Waals surface area contributed by atoms with Gasteiger partial charge in [0.15, 0.2) is 6.29 Å². The van der Waals surface area contributed by atoms with Gasteiger partial charge in [-0.1, -0.05) is 12.1 Å². The molecule has 0 fully saturated rings. The third-order valence-electron chi connectivity index (χ3n) is 3.61. The third kappa shape index (κ3) is 8.28. The molecule has 0 saturated heterocycles. The van der Waals surface area contributed by atoms with Crippen LogP contribution in [0.4, 0.5) is 4.79 Å². The summed E-state index contributed by atoms with van der Waals surface area (Å²) >= 11 is 0. The Morgan fingerprint density at radius 3 is 2.27 bits per heavy atom. The molecular weight excluding hydrogens is 340 g/mol. The molecular formula is C18H28N2O6. The number of benzene rings is 1. The Bertz CT molecular complexity index is 531. The highest BCUT2D eigenvalue weighted by molar-refractivity contribution is 5.71. The molecule has 1 aromatic carbocycles. The normalized spacial score (nSPS) is 12.2. The summed E-state index contributed by atoms with van der Waals surface area (Å²) in [6.07, 6.45) is -1.11. The monoisotopic (exact) mass is 368 g/mol. The van der Waals surface area contributed by atoms with Crippen LogP contribution in [0.25, 0.3) is 0 Å². The summed E-state index contributed by atoms with van der Waals surface area (Å²) < 4.78 is 16.3. The standard InChI is InChI=1S/C18H28N2O6/c1-4-25-17(26-5-2)12-20(11-15(13-21)19-18(22)23)10-14-6-8-16(24-3)9-7-14/h6-9,13,15,17,19H,4-5,10-12H2,1-3H3,(H,22,23). The Morgan fingerprint density at radius 2 is 1.81 bits per heavy atom. The van der Waals surface area contributed by atoms with Crippen LogP contribution in [0, 0.1) is 0 Å². The minimum Gasteiger partial charge on any atom is -0.497 e. The zero-order chi connectivity index (χ0) is 19.4. The lowest BCUT2D eigenvalue weighted by atomic mass is 10.2. The number of nitrogens with one attached hydrogen (secondary N) is 1. The van der Waals surface area contributed by atoms with Crippen molar-refractivity contribution >= 4 is 12.4 Å². The Labute approximate surface area is 154 Å². The van der Waals surface area contributed by atoms with Gasteiger partial charge in [0.25, 0.3) is 0 Å². The molecule has 1 unspecified atom stereocenters. The van der Waals surface area contributed by atoms with Crippen LogP contribution in [-0.4, -0.2) is 68.1 Å². The number of hydrogen-bond acceptors (Lipinski definition) is 6. The second-order valence-corrected chi connectivity index (χ2v) is 5.57. The first-order chi connectivity index (χ1) is 12.5. The zero-order valence-electron chi connectivity index (χ0n) is 15.5. The van der Waals surface area contributed by atoms with Crippen molar-refractivity contribution in [2.75, 3.05) is 33.4 Å². The maximum Gasteiger partial charge on any atom is 0.405 e. The number of methoxy groups -OCH3 is 1. The van der Waals surface area contributed by atoms with E-state index in [1.807, 2.05) is 43.0 Å². The lowest BCUT2D eigenvalue weighted by Crippen LogP contribution is -2.46. The quantitative estimate of drug-likeness (QED) is 0.404. The van der Waals surface area contributed by atoms with Gasteiger partial charge in [0, 0.05) is 32.8 Å². The summed E-state index contributed by atoms with van der Waals surface area (Å²) in [5.74, 6) is 0.750. The fourth-order valence-corrected chi connectivity index (χ4v) is 2.49. The molecule has 0 saturated carbocycles. The van der Waals surface area contributed by atoms with Crippen molar-refractivity contribution in [1.82, 2.24) is 10.2 Å². The fraction of sp³-hybridized carbons (Fsp3) is 0.556. The number of ether oxygens (including phenoxy) is 3. The first-order valence-electron chi connectivity index (χ1n) is 8.55. The van der Waals surface area contributed by atoms with Crippen LogP contribution in [0.5, 0.6) is 5.75 Å². The van der Waals surface area contributed by atoms with E-state index in [9.17, 15) is 9.59 Å². The highest BCUT2D eigenvalue weighted by Crippen LogP contribution is 2.14. The van der Waals surface area contributed by atoms with Crippen LogP contribution in [0.15, 0.2) is 24.3 Å². The zero-order valence-corrected chi connectivity index (χ0v) is 15.5. The number of carboxylic acid groups (broad SMARTS) is 1. The molecule has 0 aromatic heterocycles. The molecule has 2 N–H and O–H groups in total. The summed E-state index contributed by atoms with van der Waals surface area (Å²) in [5, 5.41) is 11.1. The smallest absolute Gasteiger partial charge is 0.405 e. The van der Waals surface area contributed by atoms with Crippen LogP contribution >= 0.6 is 0 Å². The van der Waals surface area contributed by atoms with E-state index in [0.717, 1.165) is 11.3 Å². The fourth-order valence-electron chi connectivity index (χ4n) is 2.49. The number of carbonyl (C=O) groups excluding carboxylic acids is 1. The van der Waals surface area contributed by atoms with E-state index in [1.54, 1.807) is 7.11 Å². The molecule has 8 nitrogen and oxygen atoms in total. The van der Waals surface area contributed by atoms with Gasteiger partial charge in [-0.3, -0.25) is 4.90 Å². The van der Waals surface area contributed by atoms with Crippen molar-refractivity contribution in [2.24, 2.45) is 0 Å². The lowest BCUT2D eigenvalue weighted by molar-refractivity contribution is -0.148. The van der Waals surface area contributed by atoms with Gasteiger partial charge < -0.3 is 29.4 Å². The van der Waals surface area contributed by atoms with E-state index in [4.69, 9.17) is 19.3 Å². The molecule has 8 heteroatoms. The van der Waals surface area contributed by atoms with Gasteiger partial charge in [0.1, 0.15) is 18.1 Å². The van der Waals surface area contributed by atoms with Crippen molar-refractivity contribution in [3.8, 4) is 5.75 Å². The lowest BCUT2D eigenvalue weighted by Gasteiger charge is -2.29. The molecule has 1 rings (SSSR count). The molecule has 1 aromatic rings. The van der Waals surface area contributed by atoms with Crippen molar-refractivity contribution in [3.63, 3.8) is 0 Å². The van der Waals surface area contributed by atoms with Crippen LogP contribution in [0.2, 0.25) is 0 Å². The number of aldehydes is 1. The Hall–Kier alpha value is -2.16. The summed E-state index contributed by atoms with van der Waals surface area (Å²) in [7, 11) is 1.60. The van der Waals surface area contributed by atoms with Crippen molar-refractivity contribution < 1.29 is 28.9 Å². The van der Waals surface area contributed by atoms with Gasteiger partial charge in [-0.15, -0.1) is 0 Å². The van der Waals surface area contributed by atoms with Gasteiger partial charge in [0.2, 0.25) is 0 Å². The molecule has 26 heavy (non-hydrogen) atoms. The number of rotatable bonds is 13. The highest BCUT2D eigenvalue weighted by atomic mass is 16.7. The molecule has 0 aliphatic heterocycles. The Balaban J connectivity index is 2.86. The summed E-state index contributed by atoms with van der Waals surface area (Å²) in [5.41, 5.74) is 0.998. The van der Waals surface area contributed by atoms with E-state index in [-0.39, 0.29) is 6.54 Å². The minimum atomic E-state index is -1.24. The molecule has 0 aliphatic carbocycles. The number of hydrogen-bond donors (Lipinski definition) is 2. The average molecular weight is 368 g/mol. The molecule has 0 heterocycles. The van der Waals surface area contributed by atoms with E-state index >= 15 is 0 Å². The maximum absolute atomic E-state index is 11.2. The largest absolute Gasteiger partial charge is 0.497 e. The summed E-state index contributed by atoms with van der Waals surface area (Å²) in [4.78, 5) is 24.0. The van der Waals surface area contributed by atoms with E-state index in [0.29, 0.717) is 32.6 Å². The van der Waals surface area contributed by atoms with Gasteiger partial charge in [-0.25, -0.2) is 4.79 Å². The van der Waals surface area contributed by atoms with Crippen molar-refractivity contribution in [1.29, 1.82) is 0 Å². The second-order valence-electron chi connectivity index (χ2n) is 5.57. The van der Waals surface area contributed by atoms with E-state index < -0.39 is 18.4 Å². The molecule has 0 bridgehead atoms. The third-order valence-corrected chi connectivity index (χ3v) is 3.61. The van der Waals surface area contributed by atoms with Crippen LogP contribution < -0.4 is 10.1 Å². The second kappa shape index (κ2) is 12.2. The Morgan fingerprint density at radius 1 is 1.19 bits per heavy atom. The Kier molecular flexibility index (Phi) is 10.3. The maximum atomic E-state index is 11.2. The van der Waals surface area contributed by atoms with Crippen LogP contribution in [0.3, 0.4) is 0 Å². The summed E-state index contributed by atoms with van der Waals surface area (Å²) in [6.45, 7) is 5.85. The van der Waals surface area contributed by atoms with Gasteiger partial charge in [-0.05, 0) is 31.5 Å². The van der Waals surface area contributed by atoms with Crippen molar-refractivity contribution in [2.45, 2.75) is 32.7 Å². The molecule has 1 atom stereocenters. The first-order valence-corrected chi connectivity index (χ1v) is 8.55. The SMILES string of the molecule is CCOC(CN(Cc1ccc(OC)cc1)CC(C=O)NC(=O)O)OCC. The highest BCUT2D eigenvalue weighted by Gasteiger charge is 2.20. The topological polar surface area (TPSA) is 97.3 Å². The number of carbonyl (C=O) groups is 2. The molecule has 146 valence electrons. The number of amides is 1. The first kappa shape index (κ1) is 21.9. The van der Waals surface area contributed by atoms with Gasteiger partial charge in [-0.2, -0.15) is 0 Å². The van der Waals surface area contributed by atoms with E-state index in [1.165, 1.54) is 0 Å². The number of nitrogens with zero attached hydrogens (tertiary/aromatic N) is 1. The van der Waals surface area contributed by atoms with Crippen LogP contribution in [-0.2, 0) is 20.8 Å². The predicted molar refractivity (Wildman–Crippen MR) is 96.3 cm³/mol. The minimum absolute atomic E-state index is 0.207. The average Bonchev–Trinajstić information content (AvgIpc) is 2.61.